The number of morpholine rings is 1. The number of hydrogen-bond acceptors (Lipinski definition) is 4. The molecule has 3 heterocycles. The minimum absolute atomic E-state index is 0.121. The molecule has 6 rings (SSSR count). The van der Waals surface area contributed by atoms with Gasteiger partial charge >= 0.3 is 0 Å². The molecule has 7 nitrogen and oxygen atoms in total. The van der Waals surface area contributed by atoms with Gasteiger partial charge in [-0.1, -0.05) is 30.3 Å². The van der Waals surface area contributed by atoms with Crippen LogP contribution in [0.1, 0.15) is 29.4 Å². The van der Waals surface area contributed by atoms with Crippen molar-refractivity contribution in [2.45, 2.75) is 25.7 Å². The van der Waals surface area contributed by atoms with Gasteiger partial charge in [0.15, 0.2) is 0 Å². The molecule has 0 saturated carbocycles. The fourth-order valence-corrected chi connectivity index (χ4v) is 7.12. The van der Waals surface area contributed by atoms with Crippen molar-refractivity contribution in [3.05, 3.63) is 89.2 Å². The van der Waals surface area contributed by atoms with Crippen molar-refractivity contribution < 1.29 is 17.9 Å². The lowest BCUT2D eigenvalue weighted by molar-refractivity contribution is -0.112. The van der Waals surface area contributed by atoms with E-state index in [1.54, 1.807) is 23.1 Å². The van der Waals surface area contributed by atoms with Gasteiger partial charge in [-0.3, -0.25) is 4.79 Å². The average Bonchev–Trinajstić information content (AvgIpc) is 3.39. The van der Waals surface area contributed by atoms with Crippen molar-refractivity contribution in [2.24, 2.45) is 0 Å². The maximum Gasteiger partial charge on any atom is 0.258 e. The molecule has 2 aliphatic rings. The fraction of sp³-hybridized carbons (Fsp3) is 0.258. The molecule has 1 saturated heterocycles. The summed E-state index contributed by atoms with van der Waals surface area (Å²) < 4.78 is 35.8. The molecule has 1 fully saturated rings. The Morgan fingerprint density at radius 1 is 0.923 bits per heavy atom. The second-order valence-corrected chi connectivity index (χ2v) is 11.9. The first-order valence-electron chi connectivity index (χ1n) is 13.2. The number of sulfonamides is 1. The summed E-state index contributed by atoms with van der Waals surface area (Å²) in [5.41, 5.74) is 5.93. The molecular weight excluding hydrogens is 510 g/mol. The van der Waals surface area contributed by atoms with Crippen LogP contribution in [0.4, 0.5) is 5.69 Å². The monoisotopic (exact) mass is 541 g/mol. The molecule has 4 aromatic rings. The van der Waals surface area contributed by atoms with E-state index >= 15 is 0 Å². The van der Waals surface area contributed by atoms with Gasteiger partial charge in [0.25, 0.3) is 5.91 Å². The van der Waals surface area contributed by atoms with Gasteiger partial charge in [-0.05, 0) is 79.6 Å². The predicted octanol–water partition coefficient (Wildman–Crippen LogP) is 5.18. The smallest absolute Gasteiger partial charge is 0.258 e. The quantitative estimate of drug-likeness (QED) is 0.327. The van der Waals surface area contributed by atoms with Crippen molar-refractivity contribution in [3.63, 3.8) is 0 Å². The number of benzene rings is 3. The standard InChI is InChI=1S/C31H31N3O4S/c1-4-33-30-12-11-27(39(36,37)32-13-15-38-16-14-32)20-28(30)29(31(33)35)19-25-17-21(2)34(22(25)3)26-10-9-23-7-5-6-8-24(23)18-26/h5-12,17-20H,4,13-16H2,1-3H3/b29-19+. The van der Waals surface area contributed by atoms with Crippen molar-refractivity contribution in [1.29, 1.82) is 0 Å². The van der Waals surface area contributed by atoms with Crippen LogP contribution < -0.4 is 4.90 Å². The predicted molar refractivity (Wildman–Crippen MR) is 155 cm³/mol. The topological polar surface area (TPSA) is 71.9 Å². The summed E-state index contributed by atoms with van der Waals surface area (Å²) in [5.74, 6) is -0.121. The highest BCUT2D eigenvalue weighted by molar-refractivity contribution is 7.89. The first-order chi connectivity index (χ1) is 18.8. The van der Waals surface area contributed by atoms with E-state index in [1.807, 2.05) is 32.1 Å². The van der Waals surface area contributed by atoms with Crippen LogP contribution in [-0.2, 0) is 19.6 Å². The molecule has 0 aliphatic carbocycles. The van der Waals surface area contributed by atoms with E-state index in [0.717, 1.165) is 33.7 Å². The van der Waals surface area contributed by atoms with E-state index in [4.69, 9.17) is 4.74 Å². The lowest BCUT2D eigenvalue weighted by Crippen LogP contribution is -2.40. The molecule has 39 heavy (non-hydrogen) atoms. The normalized spacial score (nSPS) is 17.4. The van der Waals surface area contributed by atoms with Crippen molar-refractivity contribution in [3.8, 4) is 5.69 Å². The number of aromatic nitrogens is 1. The number of carbonyl (C=O) groups excluding carboxylic acids is 1. The Balaban J connectivity index is 1.44. The number of fused-ring (bicyclic) bond motifs is 2. The van der Waals surface area contributed by atoms with Gasteiger partial charge < -0.3 is 14.2 Å². The van der Waals surface area contributed by atoms with Gasteiger partial charge in [-0.15, -0.1) is 0 Å². The molecule has 3 aromatic carbocycles. The van der Waals surface area contributed by atoms with E-state index in [1.165, 1.54) is 9.69 Å². The van der Waals surface area contributed by atoms with Gasteiger partial charge in [0.1, 0.15) is 0 Å². The number of anilines is 1. The molecule has 2 aliphatic heterocycles. The van der Waals surface area contributed by atoms with Crippen LogP contribution in [0.2, 0.25) is 0 Å². The van der Waals surface area contributed by atoms with Gasteiger partial charge in [0.2, 0.25) is 10.0 Å². The molecule has 1 amide bonds. The van der Waals surface area contributed by atoms with E-state index < -0.39 is 10.0 Å². The second kappa shape index (κ2) is 9.79. The number of hydrogen-bond donors (Lipinski definition) is 0. The van der Waals surface area contributed by atoms with Crippen LogP contribution in [0.3, 0.4) is 0 Å². The summed E-state index contributed by atoms with van der Waals surface area (Å²) in [4.78, 5) is 15.5. The molecule has 0 N–H and O–H groups in total. The van der Waals surface area contributed by atoms with Gasteiger partial charge in [-0.2, -0.15) is 4.31 Å². The van der Waals surface area contributed by atoms with Crippen LogP contribution in [0.15, 0.2) is 71.6 Å². The van der Waals surface area contributed by atoms with Crippen molar-refractivity contribution in [2.75, 3.05) is 37.7 Å². The number of rotatable bonds is 5. The molecule has 0 unspecified atom stereocenters. The van der Waals surface area contributed by atoms with Crippen LogP contribution >= 0.6 is 0 Å². The van der Waals surface area contributed by atoms with Gasteiger partial charge in [-0.25, -0.2) is 8.42 Å². The molecule has 1 aromatic heterocycles. The average molecular weight is 542 g/mol. The maximum absolute atomic E-state index is 13.6. The van der Waals surface area contributed by atoms with Crippen LogP contribution in [0.25, 0.3) is 28.1 Å². The zero-order chi connectivity index (χ0) is 27.3. The molecule has 200 valence electrons. The summed E-state index contributed by atoms with van der Waals surface area (Å²) >= 11 is 0. The second-order valence-electron chi connectivity index (χ2n) is 10.00. The fourth-order valence-electron chi connectivity index (χ4n) is 5.69. The van der Waals surface area contributed by atoms with Gasteiger partial charge in [0.05, 0.1) is 23.8 Å². The third-order valence-electron chi connectivity index (χ3n) is 7.71. The highest BCUT2D eigenvalue weighted by atomic mass is 32.2. The Morgan fingerprint density at radius 2 is 1.67 bits per heavy atom. The van der Waals surface area contributed by atoms with E-state index in [0.29, 0.717) is 44.0 Å². The molecule has 8 heteroatoms. The van der Waals surface area contributed by atoms with E-state index in [2.05, 4.69) is 47.9 Å². The third kappa shape index (κ3) is 4.29. The third-order valence-corrected chi connectivity index (χ3v) is 9.60. The Morgan fingerprint density at radius 3 is 2.41 bits per heavy atom. The van der Waals surface area contributed by atoms with Crippen molar-refractivity contribution in [1.82, 2.24) is 8.87 Å². The maximum atomic E-state index is 13.6. The first-order valence-corrected chi connectivity index (χ1v) is 14.7. The van der Waals surface area contributed by atoms with Crippen LogP contribution in [-0.4, -0.2) is 56.0 Å². The van der Waals surface area contributed by atoms with E-state index in [9.17, 15) is 13.2 Å². The summed E-state index contributed by atoms with van der Waals surface area (Å²) in [7, 11) is -3.69. The molecule has 0 bridgehead atoms. The summed E-state index contributed by atoms with van der Waals surface area (Å²) in [6, 6.07) is 21.8. The summed E-state index contributed by atoms with van der Waals surface area (Å²) in [6.07, 6.45) is 1.90. The number of ether oxygens (including phenoxy) is 1. The zero-order valence-electron chi connectivity index (χ0n) is 22.3. The van der Waals surface area contributed by atoms with Gasteiger partial charge in [0, 0.05) is 47.8 Å². The molecule has 0 radical (unpaired) electrons. The number of aryl methyl sites for hydroxylation is 1. The van der Waals surface area contributed by atoms with Crippen LogP contribution in [0, 0.1) is 13.8 Å². The largest absolute Gasteiger partial charge is 0.379 e. The highest BCUT2D eigenvalue weighted by Gasteiger charge is 2.34. The lowest BCUT2D eigenvalue weighted by Gasteiger charge is -2.26. The summed E-state index contributed by atoms with van der Waals surface area (Å²) in [5, 5.41) is 2.34. The Bertz CT molecular complexity index is 1750. The number of likely N-dealkylation sites (N-methyl/N-ethyl adjacent to an activating group) is 1. The minimum Gasteiger partial charge on any atom is -0.379 e. The number of nitrogens with zero attached hydrogens (tertiary/aromatic N) is 3. The Hall–Kier alpha value is -3.72. The molecule has 0 atom stereocenters. The molecular formula is C31H31N3O4S. The van der Waals surface area contributed by atoms with E-state index in [-0.39, 0.29) is 10.8 Å². The minimum atomic E-state index is -3.69. The summed E-state index contributed by atoms with van der Waals surface area (Å²) in [6.45, 7) is 7.93. The SMILES string of the molecule is CCN1C(=O)/C(=C/c2cc(C)n(-c3ccc4ccccc4c3)c2C)c2cc(S(=O)(=O)N3CCOCC3)ccc21. The number of carbonyl (C=O) groups is 1. The Kier molecular flexibility index (Phi) is 6.41. The zero-order valence-corrected chi connectivity index (χ0v) is 23.2. The number of amides is 1. The van der Waals surface area contributed by atoms with Crippen LogP contribution in [0.5, 0.6) is 0 Å². The lowest BCUT2D eigenvalue weighted by atomic mass is 10.0. The first kappa shape index (κ1) is 25.6. The highest BCUT2D eigenvalue weighted by Crippen LogP contribution is 2.40. The van der Waals surface area contributed by atoms with Crippen molar-refractivity contribution >= 4 is 44.0 Å². The Labute approximate surface area is 229 Å². The molecule has 0 spiro atoms.